The number of carbonyl (C=O) groups is 1. The van der Waals surface area contributed by atoms with Crippen LogP contribution in [0.15, 0.2) is 48.5 Å². The number of likely N-dealkylation sites (N-methyl/N-ethyl adjacent to an activating group) is 1. The third kappa shape index (κ3) is 3.69. The molecular weight excluding hydrogens is 312 g/mol. The smallest absolute Gasteiger partial charge is 0.230 e. The van der Waals surface area contributed by atoms with Crippen molar-refractivity contribution < 1.29 is 14.4 Å². The van der Waals surface area contributed by atoms with E-state index in [0.29, 0.717) is 6.42 Å². The molecule has 1 unspecified atom stereocenters. The summed E-state index contributed by atoms with van der Waals surface area (Å²) in [4.78, 5) is 14.0. The minimum absolute atomic E-state index is 0.0435. The fourth-order valence-corrected chi connectivity index (χ4v) is 3.69. The van der Waals surface area contributed by atoms with Gasteiger partial charge in [0.05, 0.1) is 26.1 Å². The molecule has 1 aliphatic heterocycles. The number of quaternary nitrogens is 1. The summed E-state index contributed by atoms with van der Waals surface area (Å²) in [6.45, 7) is 4.54. The minimum atomic E-state index is 0.0435. The van der Waals surface area contributed by atoms with Crippen LogP contribution >= 0.6 is 0 Å². The molecule has 1 aliphatic rings. The van der Waals surface area contributed by atoms with E-state index in [2.05, 4.69) is 50.5 Å². The summed E-state index contributed by atoms with van der Waals surface area (Å²) in [5.74, 6) is 0.826. The van der Waals surface area contributed by atoms with Crippen LogP contribution in [0.3, 0.4) is 0 Å². The fourth-order valence-electron chi connectivity index (χ4n) is 3.69. The van der Waals surface area contributed by atoms with Gasteiger partial charge in [0, 0.05) is 17.7 Å². The first kappa shape index (κ1) is 17.5. The first-order valence-electron chi connectivity index (χ1n) is 8.76. The molecule has 0 saturated heterocycles. The Bertz CT molecular complexity index is 753. The number of methoxy groups -OCH3 is 1. The van der Waals surface area contributed by atoms with Crippen molar-refractivity contribution in [2.75, 3.05) is 19.5 Å². The summed E-state index contributed by atoms with van der Waals surface area (Å²) in [6.07, 6.45) is 1.50. The number of hydrogen-bond donors (Lipinski definition) is 2. The zero-order valence-electron chi connectivity index (χ0n) is 15.4. The lowest BCUT2D eigenvalue weighted by Gasteiger charge is -2.43. The molecule has 0 radical (unpaired) electrons. The molecule has 132 valence electrons. The van der Waals surface area contributed by atoms with Gasteiger partial charge in [0.25, 0.3) is 0 Å². The highest BCUT2D eigenvalue weighted by atomic mass is 16.5. The quantitative estimate of drug-likeness (QED) is 0.899. The van der Waals surface area contributed by atoms with Crippen LogP contribution in [0.25, 0.3) is 0 Å². The van der Waals surface area contributed by atoms with Crippen LogP contribution in [0, 0.1) is 0 Å². The van der Waals surface area contributed by atoms with E-state index >= 15 is 0 Å². The van der Waals surface area contributed by atoms with E-state index in [4.69, 9.17) is 4.74 Å². The Balaban J connectivity index is 1.77. The lowest BCUT2D eigenvalue weighted by molar-refractivity contribution is -0.962. The van der Waals surface area contributed by atoms with Crippen molar-refractivity contribution in [2.45, 2.75) is 38.3 Å². The van der Waals surface area contributed by atoms with Gasteiger partial charge in [0.15, 0.2) is 0 Å². The third-order valence-corrected chi connectivity index (χ3v) is 5.42. The molecule has 4 heteroatoms. The number of rotatable bonds is 4. The summed E-state index contributed by atoms with van der Waals surface area (Å²) in [5, 5.41) is 3.01. The summed E-state index contributed by atoms with van der Waals surface area (Å²) in [5.41, 5.74) is 3.57. The van der Waals surface area contributed by atoms with Crippen molar-refractivity contribution in [1.82, 2.24) is 0 Å². The van der Waals surface area contributed by atoms with Crippen LogP contribution in [0.2, 0.25) is 0 Å². The topological polar surface area (TPSA) is 42.8 Å². The third-order valence-electron chi connectivity index (χ3n) is 5.42. The number of hydrogen-bond acceptors (Lipinski definition) is 2. The second kappa shape index (κ2) is 6.89. The summed E-state index contributed by atoms with van der Waals surface area (Å²) < 4.78 is 5.16. The molecule has 1 heterocycles. The Morgan fingerprint density at radius 1 is 1.20 bits per heavy atom. The Morgan fingerprint density at radius 2 is 1.88 bits per heavy atom. The monoisotopic (exact) mass is 339 g/mol. The minimum Gasteiger partial charge on any atom is -0.497 e. The highest BCUT2D eigenvalue weighted by Gasteiger charge is 2.41. The lowest BCUT2D eigenvalue weighted by Crippen LogP contribution is -3.18. The van der Waals surface area contributed by atoms with Crippen LogP contribution < -0.4 is 15.0 Å². The van der Waals surface area contributed by atoms with Crippen molar-refractivity contribution >= 4 is 11.6 Å². The van der Waals surface area contributed by atoms with Gasteiger partial charge in [0.2, 0.25) is 5.91 Å². The number of carbonyl (C=O) groups excluding carboxylic acids is 1. The van der Waals surface area contributed by atoms with E-state index in [0.717, 1.165) is 17.9 Å². The highest BCUT2D eigenvalue weighted by Crippen LogP contribution is 2.28. The van der Waals surface area contributed by atoms with Gasteiger partial charge in [-0.1, -0.05) is 24.3 Å². The first-order valence-corrected chi connectivity index (χ1v) is 8.76. The molecule has 0 aromatic heterocycles. The Kier molecular flexibility index (Phi) is 4.82. The largest absolute Gasteiger partial charge is 0.497 e. The van der Waals surface area contributed by atoms with Crippen molar-refractivity contribution in [3.63, 3.8) is 0 Å². The molecule has 0 spiro atoms. The van der Waals surface area contributed by atoms with Gasteiger partial charge in [-0.2, -0.15) is 0 Å². The second-order valence-electron chi connectivity index (χ2n) is 7.48. The van der Waals surface area contributed by atoms with Gasteiger partial charge in [-0.15, -0.1) is 0 Å². The number of fused-ring (bicyclic) bond motifs is 1. The van der Waals surface area contributed by atoms with E-state index in [1.807, 2.05) is 24.3 Å². The maximum atomic E-state index is 12.6. The SMILES string of the molecule is COc1ccc(NC(=O)C[C@@H]2c3ccccc3CC(C)(C)[NH+]2C)cc1. The predicted octanol–water partition coefficient (Wildman–Crippen LogP) is 2.61. The average molecular weight is 339 g/mol. The van der Waals surface area contributed by atoms with Crippen LogP contribution in [-0.4, -0.2) is 25.6 Å². The van der Waals surface area contributed by atoms with Crippen molar-refractivity contribution in [2.24, 2.45) is 0 Å². The summed E-state index contributed by atoms with van der Waals surface area (Å²) in [6, 6.07) is 16.1. The van der Waals surface area contributed by atoms with Crippen LogP contribution in [0.1, 0.15) is 37.4 Å². The number of benzene rings is 2. The number of amides is 1. The van der Waals surface area contributed by atoms with Crippen LogP contribution in [0.5, 0.6) is 5.75 Å². The van der Waals surface area contributed by atoms with E-state index < -0.39 is 0 Å². The standard InChI is InChI=1S/C21H26N2O2/c1-21(2)14-15-7-5-6-8-18(15)19(23(21)3)13-20(24)22-16-9-11-17(25-4)12-10-16/h5-12,19H,13-14H2,1-4H3,(H,22,24)/p+1/t19-/m1/s1. The molecule has 2 aromatic rings. The second-order valence-corrected chi connectivity index (χ2v) is 7.48. The Labute approximate surface area is 149 Å². The van der Waals surface area contributed by atoms with E-state index in [-0.39, 0.29) is 17.5 Å². The van der Waals surface area contributed by atoms with Gasteiger partial charge in [-0.05, 0) is 43.7 Å². The van der Waals surface area contributed by atoms with Crippen LogP contribution in [0.4, 0.5) is 5.69 Å². The molecular formula is C21H27N2O2+. The molecule has 1 amide bonds. The maximum Gasteiger partial charge on any atom is 0.230 e. The van der Waals surface area contributed by atoms with E-state index in [1.54, 1.807) is 7.11 Å². The molecule has 25 heavy (non-hydrogen) atoms. The van der Waals surface area contributed by atoms with Gasteiger partial charge in [0.1, 0.15) is 11.8 Å². The highest BCUT2D eigenvalue weighted by molar-refractivity contribution is 5.91. The van der Waals surface area contributed by atoms with E-state index in [9.17, 15) is 4.79 Å². The fraction of sp³-hybridized carbons (Fsp3) is 0.381. The molecule has 2 aromatic carbocycles. The number of ether oxygens (including phenoxy) is 1. The maximum absolute atomic E-state index is 12.6. The average Bonchev–Trinajstić information content (AvgIpc) is 2.59. The van der Waals surface area contributed by atoms with E-state index in [1.165, 1.54) is 16.0 Å². The summed E-state index contributed by atoms with van der Waals surface area (Å²) >= 11 is 0. The zero-order valence-corrected chi connectivity index (χ0v) is 15.4. The molecule has 3 rings (SSSR count). The van der Waals surface area contributed by atoms with Gasteiger partial charge >= 0.3 is 0 Å². The molecule has 0 saturated carbocycles. The van der Waals surface area contributed by atoms with Gasteiger partial charge in [-0.25, -0.2) is 0 Å². The van der Waals surface area contributed by atoms with Crippen LogP contribution in [-0.2, 0) is 11.2 Å². The molecule has 2 atom stereocenters. The first-order chi connectivity index (χ1) is 11.9. The van der Waals surface area contributed by atoms with Gasteiger partial charge < -0.3 is 15.0 Å². The van der Waals surface area contributed by atoms with Crippen molar-refractivity contribution in [3.8, 4) is 5.75 Å². The number of nitrogens with one attached hydrogen (secondary N) is 2. The van der Waals surface area contributed by atoms with Crippen molar-refractivity contribution in [3.05, 3.63) is 59.7 Å². The lowest BCUT2D eigenvalue weighted by atomic mass is 9.81. The normalized spacial score (nSPS) is 21.3. The molecule has 4 nitrogen and oxygen atoms in total. The predicted molar refractivity (Wildman–Crippen MR) is 100 cm³/mol. The molecule has 0 bridgehead atoms. The van der Waals surface area contributed by atoms with Gasteiger partial charge in [-0.3, -0.25) is 4.79 Å². The number of anilines is 1. The molecule has 0 aliphatic carbocycles. The summed E-state index contributed by atoms with van der Waals surface area (Å²) in [7, 11) is 3.83. The van der Waals surface area contributed by atoms with Crippen molar-refractivity contribution in [1.29, 1.82) is 0 Å². The molecule has 0 fully saturated rings. The Morgan fingerprint density at radius 3 is 2.56 bits per heavy atom. The zero-order chi connectivity index (χ0) is 18.0. The molecule has 2 N–H and O–H groups in total. The Hall–Kier alpha value is -2.33.